The number of anilines is 1. The molecule has 2 N–H and O–H groups in total. The first-order valence-corrected chi connectivity index (χ1v) is 7.06. The molecule has 2 aromatic carbocycles. The number of carbonyl (C=O) groups is 1. The molecule has 120 valence electrons. The summed E-state index contributed by atoms with van der Waals surface area (Å²) >= 11 is 0. The van der Waals surface area contributed by atoms with Crippen molar-refractivity contribution in [1.82, 2.24) is 0 Å². The van der Waals surface area contributed by atoms with Gasteiger partial charge in [-0.25, -0.2) is 0 Å². The van der Waals surface area contributed by atoms with E-state index in [1.165, 1.54) is 24.3 Å². The van der Waals surface area contributed by atoms with Gasteiger partial charge in [0.15, 0.2) is 6.10 Å². The van der Waals surface area contributed by atoms with Gasteiger partial charge in [-0.15, -0.1) is 0 Å². The molecule has 0 aliphatic rings. The summed E-state index contributed by atoms with van der Waals surface area (Å²) in [5, 5.41) is 12.5. The SMILES string of the molecule is Cc1ccc(N/C=C\C(=O)C(F)(F)C(O)c2ccccc2)cc1. The number of rotatable bonds is 6. The number of hydrogen-bond donors (Lipinski definition) is 2. The lowest BCUT2D eigenvalue weighted by Crippen LogP contribution is -2.34. The van der Waals surface area contributed by atoms with Crippen LogP contribution >= 0.6 is 0 Å². The molecule has 0 amide bonds. The predicted molar refractivity (Wildman–Crippen MR) is 85.3 cm³/mol. The number of aryl methyl sites for hydroxylation is 1. The van der Waals surface area contributed by atoms with Crippen molar-refractivity contribution >= 4 is 11.5 Å². The van der Waals surface area contributed by atoms with Crippen LogP contribution in [0.25, 0.3) is 0 Å². The number of aliphatic hydroxyl groups excluding tert-OH is 1. The third-order valence-electron chi connectivity index (χ3n) is 3.32. The van der Waals surface area contributed by atoms with E-state index in [0.717, 1.165) is 17.8 Å². The van der Waals surface area contributed by atoms with Crippen LogP contribution in [0.2, 0.25) is 0 Å². The second kappa shape index (κ2) is 7.15. The first-order valence-electron chi connectivity index (χ1n) is 7.06. The number of aliphatic hydroxyl groups is 1. The third kappa shape index (κ3) is 4.23. The summed E-state index contributed by atoms with van der Waals surface area (Å²) in [4.78, 5) is 11.7. The van der Waals surface area contributed by atoms with Crippen molar-refractivity contribution in [3.8, 4) is 0 Å². The van der Waals surface area contributed by atoms with E-state index in [9.17, 15) is 18.7 Å². The first kappa shape index (κ1) is 16.8. The fourth-order valence-electron chi connectivity index (χ4n) is 1.95. The molecule has 0 aromatic heterocycles. The Morgan fingerprint density at radius 3 is 2.35 bits per heavy atom. The summed E-state index contributed by atoms with van der Waals surface area (Å²) in [6, 6.07) is 14.6. The number of halogens is 2. The molecule has 0 aliphatic carbocycles. The molecule has 1 unspecified atom stereocenters. The second-order valence-electron chi connectivity index (χ2n) is 5.14. The summed E-state index contributed by atoms with van der Waals surface area (Å²) < 4.78 is 28.0. The fourth-order valence-corrected chi connectivity index (χ4v) is 1.95. The Hall–Kier alpha value is -2.53. The minimum absolute atomic E-state index is 0.00857. The maximum atomic E-state index is 14.0. The lowest BCUT2D eigenvalue weighted by atomic mass is 10.0. The van der Waals surface area contributed by atoms with Gasteiger partial charge in [0, 0.05) is 18.0 Å². The molecule has 0 radical (unpaired) electrons. The Morgan fingerprint density at radius 1 is 1.13 bits per heavy atom. The van der Waals surface area contributed by atoms with E-state index in [1.54, 1.807) is 18.2 Å². The number of ketones is 1. The molecule has 3 nitrogen and oxygen atoms in total. The molecule has 0 saturated heterocycles. The van der Waals surface area contributed by atoms with Crippen molar-refractivity contribution in [2.45, 2.75) is 19.0 Å². The monoisotopic (exact) mass is 317 g/mol. The van der Waals surface area contributed by atoms with Crippen LogP contribution in [-0.4, -0.2) is 16.8 Å². The van der Waals surface area contributed by atoms with Crippen LogP contribution in [0.3, 0.4) is 0 Å². The van der Waals surface area contributed by atoms with Gasteiger partial charge in [0.05, 0.1) is 0 Å². The van der Waals surface area contributed by atoms with Gasteiger partial charge in [-0.3, -0.25) is 4.79 Å². The Labute approximate surface area is 133 Å². The second-order valence-corrected chi connectivity index (χ2v) is 5.14. The smallest absolute Gasteiger partial charge is 0.338 e. The minimum atomic E-state index is -3.90. The summed E-state index contributed by atoms with van der Waals surface area (Å²) in [5.41, 5.74) is 1.73. The van der Waals surface area contributed by atoms with Crippen molar-refractivity contribution in [3.05, 3.63) is 78.0 Å². The van der Waals surface area contributed by atoms with Gasteiger partial charge >= 0.3 is 5.92 Å². The van der Waals surface area contributed by atoms with E-state index in [-0.39, 0.29) is 5.56 Å². The lowest BCUT2D eigenvalue weighted by Gasteiger charge is -2.20. The van der Waals surface area contributed by atoms with Gasteiger partial charge in [-0.05, 0) is 24.6 Å². The van der Waals surface area contributed by atoms with Crippen LogP contribution in [0, 0.1) is 6.92 Å². The predicted octanol–water partition coefficient (Wildman–Crippen LogP) is 3.86. The molecule has 5 heteroatoms. The van der Waals surface area contributed by atoms with E-state index < -0.39 is 17.8 Å². The molecule has 1 atom stereocenters. The zero-order valence-corrected chi connectivity index (χ0v) is 12.5. The molecule has 23 heavy (non-hydrogen) atoms. The van der Waals surface area contributed by atoms with E-state index in [2.05, 4.69) is 5.32 Å². The molecule has 0 heterocycles. The molecule has 2 aromatic rings. The lowest BCUT2D eigenvalue weighted by molar-refractivity contribution is -0.156. The highest BCUT2D eigenvalue weighted by molar-refractivity contribution is 5.96. The Morgan fingerprint density at radius 2 is 1.74 bits per heavy atom. The highest BCUT2D eigenvalue weighted by Gasteiger charge is 2.45. The van der Waals surface area contributed by atoms with Crippen LogP contribution < -0.4 is 5.32 Å². The number of alkyl halides is 2. The van der Waals surface area contributed by atoms with Crippen LogP contribution in [0.4, 0.5) is 14.5 Å². The highest BCUT2D eigenvalue weighted by Crippen LogP contribution is 2.32. The minimum Gasteiger partial charge on any atom is -0.382 e. The molecular formula is C18H17F2NO2. The number of carbonyl (C=O) groups excluding carboxylic acids is 1. The van der Waals surface area contributed by atoms with Gasteiger partial charge in [0.25, 0.3) is 0 Å². The molecular weight excluding hydrogens is 300 g/mol. The van der Waals surface area contributed by atoms with Crippen LogP contribution in [0.1, 0.15) is 17.2 Å². The third-order valence-corrected chi connectivity index (χ3v) is 3.32. The standard InChI is InChI=1S/C18H17F2NO2/c1-13-7-9-15(10-8-13)21-12-11-16(22)18(19,20)17(23)14-5-3-2-4-6-14/h2-12,17,21,23H,1H3/b12-11-. The van der Waals surface area contributed by atoms with E-state index >= 15 is 0 Å². The Bertz CT molecular complexity index is 682. The van der Waals surface area contributed by atoms with Crippen molar-refractivity contribution in [2.24, 2.45) is 0 Å². The van der Waals surface area contributed by atoms with Gasteiger partial charge in [0.1, 0.15) is 0 Å². The average molecular weight is 317 g/mol. The topological polar surface area (TPSA) is 49.3 Å². The number of nitrogens with one attached hydrogen (secondary N) is 1. The van der Waals surface area contributed by atoms with Crippen LogP contribution in [0.5, 0.6) is 0 Å². The number of benzene rings is 2. The van der Waals surface area contributed by atoms with Crippen molar-refractivity contribution in [2.75, 3.05) is 5.32 Å². The summed E-state index contributed by atoms with van der Waals surface area (Å²) in [5.74, 6) is -5.36. The van der Waals surface area contributed by atoms with Crippen molar-refractivity contribution in [1.29, 1.82) is 0 Å². The zero-order valence-electron chi connectivity index (χ0n) is 12.5. The van der Waals surface area contributed by atoms with Crippen LogP contribution in [-0.2, 0) is 4.79 Å². The van der Waals surface area contributed by atoms with E-state index in [4.69, 9.17) is 0 Å². The zero-order chi connectivity index (χ0) is 16.9. The summed E-state index contributed by atoms with van der Waals surface area (Å²) in [6.07, 6.45) is -0.315. The number of allylic oxidation sites excluding steroid dienone is 1. The van der Waals surface area contributed by atoms with E-state index in [0.29, 0.717) is 5.69 Å². The molecule has 0 aliphatic heterocycles. The summed E-state index contributed by atoms with van der Waals surface area (Å²) in [6.45, 7) is 1.93. The van der Waals surface area contributed by atoms with Gasteiger partial charge in [0.2, 0.25) is 5.78 Å². The first-order chi connectivity index (χ1) is 10.9. The van der Waals surface area contributed by atoms with E-state index in [1.807, 2.05) is 19.1 Å². The Balaban J connectivity index is 2.03. The highest BCUT2D eigenvalue weighted by atomic mass is 19.3. The van der Waals surface area contributed by atoms with Crippen molar-refractivity contribution in [3.63, 3.8) is 0 Å². The fraction of sp³-hybridized carbons (Fsp3) is 0.167. The average Bonchev–Trinajstić information content (AvgIpc) is 2.56. The molecule has 0 spiro atoms. The molecule has 0 saturated carbocycles. The molecule has 0 bridgehead atoms. The quantitative estimate of drug-likeness (QED) is 0.796. The van der Waals surface area contributed by atoms with Gasteiger partial charge in [-0.1, -0.05) is 48.0 Å². The van der Waals surface area contributed by atoms with Crippen LogP contribution in [0.15, 0.2) is 66.9 Å². The maximum absolute atomic E-state index is 14.0. The van der Waals surface area contributed by atoms with Crippen molar-refractivity contribution < 1.29 is 18.7 Å². The van der Waals surface area contributed by atoms with Gasteiger partial charge in [-0.2, -0.15) is 8.78 Å². The largest absolute Gasteiger partial charge is 0.382 e. The normalized spacial score (nSPS) is 13.0. The number of hydrogen-bond acceptors (Lipinski definition) is 3. The maximum Gasteiger partial charge on any atom is 0.338 e. The molecule has 0 fully saturated rings. The Kier molecular flexibility index (Phi) is 5.24. The summed E-state index contributed by atoms with van der Waals surface area (Å²) in [7, 11) is 0. The molecule has 2 rings (SSSR count). The van der Waals surface area contributed by atoms with Gasteiger partial charge < -0.3 is 10.4 Å².